The van der Waals surface area contributed by atoms with Crippen LogP contribution in [0, 0.1) is 6.92 Å². The zero-order valence-electron chi connectivity index (χ0n) is 11.3. The van der Waals surface area contributed by atoms with E-state index in [4.69, 9.17) is 5.11 Å². The summed E-state index contributed by atoms with van der Waals surface area (Å²) in [5.74, 6) is -1.05. The summed E-state index contributed by atoms with van der Waals surface area (Å²) in [5.41, 5.74) is 0.489. The Balaban J connectivity index is 2.46. The number of carboxylic acids is 1. The number of nitrogens with zero attached hydrogens (tertiary/aromatic N) is 1. The first-order valence-corrected chi connectivity index (χ1v) is 6.95. The number of carbonyl (C=O) groups excluding carboxylic acids is 1. The van der Waals surface area contributed by atoms with Gasteiger partial charge in [-0.2, -0.15) is 0 Å². The second-order valence-corrected chi connectivity index (χ2v) is 5.35. The number of thiazole rings is 1. The minimum Gasteiger partial charge on any atom is -0.477 e. The Morgan fingerprint density at radius 3 is 2.68 bits per heavy atom. The molecular weight excluding hydrogens is 266 g/mol. The molecule has 6 nitrogen and oxygen atoms in total. The fraction of sp³-hybridized carbons (Fsp3) is 0.583. The molecule has 1 amide bonds. The lowest BCUT2D eigenvalue weighted by molar-refractivity contribution is -0.121. The molecule has 106 valence electrons. The normalized spacial score (nSPS) is 12.2. The number of aromatic carboxylic acids is 1. The fourth-order valence-electron chi connectivity index (χ4n) is 1.67. The molecular formula is C12H19N3O3S. The van der Waals surface area contributed by atoms with Crippen LogP contribution in [0.4, 0.5) is 0 Å². The van der Waals surface area contributed by atoms with E-state index in [0.29, 0.717) is 17.1 Å². The molecule has 0 aliphatic heterocycles. The topological polar surface area (TPSA) is 91.3 Å². The predicted molar refractivity (Wildman–Crippen MR) is 73.4 cm³/mol. The summed E-state index contributed by atoms with van der Waals surface area (Å²) in [4.78, 5) is 26.9. The molecule has 0 aromatic carbocycles. The van der Waals surface area contributed by atoms with Crippen LogP contribution in [0.1, 0.15) is 40.6 Å². The van der Waals surface area contributed by atoms with Gasteiger partial charge in [0.05, 0.1) is 12.2 Å². The lowest BCUT2D eigenvalue weighted by atomic mass is 10.2. The van der Waals surface area contributed by atoms with Gasteiger partial charge in [-0.05, 0) is 20.4 Å². The number of aryl methyl sites for hydroxylation is 1. The van der Waals surface area contributed by atoms with Gasteiger partial charge in [0, 0.05) is 12.5 Å². The molecule has 0 fully saturated rings. The molecule has 3 N–H and O–H groups in total. The van der Waals surface area contributed by atoms with Crippen LogP contribution in [0.15, 0.2) is 0 Å². The molecule has 7 heteroatoms. The molecule has 0 radical (unpaired) electrons. The highest BCUT2D eigenvalue weighted by Crippen LogP contribution is 2.17. The maximum absolute atomic E-state index is 11.6. The van der Waals surface area contributed by atoms with E-state index in [-0.39, 0.29) is 23.4 Å². The van der Waals surface area contributed by atoms with Gasteiger partial charge in [-0.3, -0.25) is 4.79 Å². The van der Waals surface area contributed by atoms with E-state index < -0.39 is 5.97 Å². The molecule has 0 spiro atoms. The molecule has 0 aliphatic rings. The molecule has 1 aromatic rings. The number of amides is 1. The van der Waals surface area contributed by atoms with Crippen molar-refractivity contribution in [1.82, 2.24) is 15.6 Å². The van der Waals surface area contributed by atoms with Crippen LogP contribution >= 0.6 is 11.3 Å². The van der Waals surface area contributed by atoms with Crippen LogP contribution in [0.3, 0.4) is 0 Å². The van der Waals surface area contributed by atoms with Crippen LogP contribution in [0.25, 0.3) is 0 Å². The summed E-state index contributed by atoms with van der Waals surface area (Å²) < 4.78 is 0. The second kappa shape index (κ2) is 7.20. The quantitative estimate of drug-likeness (QED) is 0.699. The van der Waals surface area contributed by atoms with Gasteiger partial charge in [0.25, 0.3) is 0 Å². The van der Waals surface area contributed by atoms with Crippen molar-refractivity contribution in [3.05, 3.63) is 15.6 Å². The van der Waals surface area contributed by atoms with Gasteiger partial charge in [-0.1, -0.05) is 6.92 Å². The molecule has 0 bridgehead atoms. The van der Waals surface area contributed by atoms with Gasteiger partial charge in [-0.15, -0.1) is 11.3 Å². The number of rotatable bonds is 7. The van der Waals surface area contributed by atoms with Crippen LogP contribution in [0.2, 0.25) is 0 Å². The molecule has 1 atom stereocenters. The number of carboxylic acid groups (broad SMARTS) is 1. The minimum atomic E-state index is -0.978. The Labute approximate surface area is 116 Å². The zero-order chi connectivity index (χ0) is 14.4. The fourth-order valence-corrected chi connectivity index (χ4v) is 2.51. The zero-order valence-corrected chi connectivity index (χ0v) is 12.1. The van der Waals surface area contributed by atoms with Crippen molar-refractivity contribution in [2.45, 2.75) is 39.8 Å². The summed E-state index contributed by atoms with van der Waals surface area (Å²) in [6, 6.07) is 0.123. The van der Waals surface area contributed by atoms with Gasteiger partial charge in [0.1, 0.15) is 9.88 Å². The third kappa shape index (κ3) is 4.96. The highest BCUT2D eigenvalue weighted by atomic mass is 32.1. The Morgan fingerprint density at radius 1 is 1.47 bits per heavy atom. The molecule has 1 heterocycles. The van der Waals surface area contributed by atoms with Crippen molar-refractivity contribution in [2.24, 2.45) is 0 Å². The maximum atomic E-state index is 11.6. The summed E-state index contributed by atoms with van der Waals surface area (Å²) in [5, 5.41) is 15.4. The Kier molecular flexibility index (Phi) is 5.91. The molecule has 0 saturated heterocycles. The number of hydrogen-bond donors (Lipinski definition) is 3. The number of hydrogen-bond acceptors (Lipinski definition) is 5. The van der Waals surface area contributed by atoms with Crippen LogP contribution in [0.5, 0.6) is 0 Å². The van der Waals surface area contributed by atoms with Crippen molar-refractivity contribution in [1.29, 1.82) is 0 Å². The molecule has 0 aliphatic carbocycles. The summed E-state index contributed by atoms with van der Waals surface area (Å²) in [6.07, 6.45) is 0.393. The van der Waals surface area contributed by atoms with Crippen molar-refractivity contribution < 1.29 is 14.7 Å². The van der Waals surface area contributed by atoms with Gasteiger partial charge in [-0.25, -0.2) is 9.78 Å². The lowest BCUT2D eigenvalue weighted by Crippen LogP contribution is -2.33. The first kappa shape index (κ1) is 15.6. The van der Waals surface area contributed by atoms with Gasteiger partial charge >= 0.3 is 5.97 Å². The average molecular weight is 285 g/mol. The smallest absolute Gasteiger partial charge is 0.347 e. The predicted octanol–water partition coefficient (Wildman–Crippen LogP) is 1.15. The number of nitrogens with one attached hydrogen (secondary N) is 2. The van der Waals surface area contributed by atoms with Gasteiger partial charge in [0.15, 0.2) is 0 Å². The van der Waals surface area contributed by atoms with E-state index in [9.17, 15) is 9.59 Å². The molecule has 0 saturated carbocycles. The highest BCUT2D eigenvalue weighted by Gasteiger charge is 2.14. The van der Waals surface area contributed by atoms with E-state index in [1.807, 2.05) is 13.8 Å². The first-order chi connectivity index (χ1) is 8.93. The Morgan fingerprint density at radius 2 is 2.16 bits per heavy atom. The van der Waals surface area contributed by atoms with Gasteiger partial charge in [0.2, 0.25) is 5.91 Å². The molecule has 1 aromatic heterocycles. The van der Waals surface area contributed by atoms with Crippen molar-refractivity contribution in [3.63, 3.8) is 0 Å². The molecule has 1 unspecified atom stereocenters. The van der Waals surface area contributed by atoms with Crippen molar-refractivity contribution in [2.75, 3.05) is 6.54 Å². The van der Waals surface area contributed by atoms with Crippen LogP contribution < -0.4 is 10.6 Å². The van der Waals surface area contributed by atoms with Gasteiger partial charge < -0.3 is 15.7 Å². The lowest BCUT2D eigenvalue weighted by Gasteiger charge is -2.11. The number of aromatic nitrogens is 1. The monoisotopic (exact) mass is 285 g/mol. The Bertz CT molecular complexity index is 459. The third-order valence-electron chi connectivity index (χ3n) is 2.52. The van der Waals surface area contributed by atoms with E-state index in [2.05, 4.69) is 15.6 Å². The average Bonchev–Trinajstić information content (AvgIpc) is 2.68. The third-order valence-corrected chi connectivity index (χ3v) is 3.66. The summed E-state index contributed by atoms with van der Waals surface area (Å²) >= 11 is 1.10. The minimum absolute atomic E-state index is 0.0711. The maximum Gasteiger partial charge on any atom is 0.347 e. The Hall–Kier alpha value is -1.47. The molecule has 1 rings (SSSR count). The van der Waals surface area contributed by atoms with E-state index in [0.717, 1.165) is 17.9 Å². The van der Waals surface area contributed by atoms with Crippen LogP contribution in [-0.4, -0.2) is 34.6 Å². The largest absolute Gasteiger partial charge is 0.477 e. The second-order valence-electron chi connectivity index (χ2n) is 4.27. The van der Waals surface area contributed by atoms with E-state index >= 15 is 0 Å². The molecule has 19 heavy (non-hydrogen) atoms. The standard InChI is InChI=1S/C12H19N3O3S/c1-4-13-7(2)5-9(16)14-6-10-15-8(3)11(19-10)12(17)18/h7,13H,4-6H2,1-3H3,(H,14,16)(H,17,18). The summed E-state index contributed by atoms with van der Waals surface area (Å²) in [7, 11) is 0. The number of carbonyl (C=O) groups is 2. The van der Waals surface area contributed by atoms with E-state index in [1.54, 1.807) is 6.92 Å². The highest BCUT2D eigenvalue weighted by molar-refractivity contribution is 7.13. The summed E-state index contributed by atoms with van der Waals surface area (Å²) in [6.45, 7) is 6.68. The van der Waals surface area contributed by atoms with E-state index in [1.165, 1.54) is 0 Å². The van der Waals surface area contributed by atoms with Crippen molar-refractivity contribution >= 4 is 23.2 Å². The first-order valence-electron chi connectivity index (χ1n) is 6.13. The SMILES string of the molecule is CCNC(C)CC(=O)NCc1nc(C)c(C(=O)O)s1. The van der Waals surface area contributed by atoms with Crippen LogP contribution in [-0.2, 0) is 11.3 Å². The van der Waals surface area contributed by atoms with Crippen molar-refractivity contribution in [3.8, 4) is 0 Å².